The zero-order valence-corrected chi connectivity index (χ0v) is 20.2. The highest BCUT2D eigenvalue weighted by molar-refractivity contribution is 6.15. The Labute approximate surface area is 196 Å². The monoisotopic (exact) mass is 452 g/mol. The number of allylic oxidation sites excluding steroid dienone is 2. The molecule has 0 saturated carbocycles. The van der Waals surface area contributed by atoms with E-state index in [2.05, 4.69) is 59.9 Å². The molecule has 0 bridgehead atoms. The van der Waals surface area contributed by atoms with Crippen LogP contribution in [0.5, 0.6) is 0 Å². The average molecular weight is 453 g/mol. The van der Waals surface area contributed by atoms with Crippen LogP contribution in [0.25, 0.3) is 5.70 Å². The van der Waals surface area contributed by atoms with Gasteiger partial charge in [0, 0.05) is 62.8 Å². The van der Waals surface area contributed by atoms with Crippen LogP contribution in [0.3, 0.4) is 0 Å². The Morgan fingerprint density at radius 2 is 1.82 bits per heavy atom. The molecule has 2 aliphatic heterocycles. The van der Waals surface area contributed by atoms with E-state index in [-0.39, 0.29) is 0 Å². The van der Waals surface area contributed by atoms with Gasteiger partial charge in [0.25, 0.3) is 0 Å². The summed E-state index contributed by atoms with van der Waals surface area (Å²) < 4.78 is 9.28. The quantitative estimate of drug-likeness (QED) is 0.655. The van der Waals surface area contributed by atoms with Crippen LogP contribution >= 0.6 is 0 Å². The Morgan fingerprint density at radius 1 is 1.09 bits per heavy atom. The zero-order valence-electron chi connectivity index (χ0n) is 20.2. The summed E-state index contributed by atoms with van der Waals surface area (Å²) in [6.07, 6.45) is 16.3. The topological polar surface area (TPSA) is 80.7 Å². The third kappa shape index (κ3) is 5.12. The zero-order chi connectivity index (χ0) is 23.4. The molecule has 0 unspecified atom stereocenters. The Kier molecular flexibility index (Phi) is 7.14. The van der Waals surface area contributed by atoms with Crippen LogP contribution in [0.4, 0.5) is 0 Å². The van der Waals surface area contributed by atoms with E-state index in [4.69, 9.17) is 9.73 Å². The Bertz CT molecular complexity index is 1040. The van der Waals surface area contributed by atoms with E-state index < -0.39 is 5.60 Å². The number of nitrogens with zero attached hydrogens (tertiary/aromatic N) is 6. The average Bonchev–Trinajstić information content (AvgIpc) is 3.46. The molecule has 0 atom stereocenters. The lowest BCUT2D eigenvalue weighted by Crippen LogP contribution is -2.40. The van der Waals surface area contributed by atoms with Gasteiger partial charge in [-0.15, -0.1) is 0 Å². The first-order valence-corrected chi connectivity index (χ1v) is 12.1. The van der Waals surface area contributed by atoms with Crippen molar-refractivity contribution in [3.8, 4) is 0 Å². The van der Waals surface area contributed by atoms with Gasteiger partial charge >= 0.3 is 0 Å². The van der Waals surface area contributed by atoms with Crippen LogP contribution in [-0.2, 0) is 11.3 Å². The lowest BCUT2D eigenvalue weighted by molar-refractivity contribution is -0.0744. The lowest BCUT2D eigenvalue weighted by atomic mass is 9.94. The summed E-state index contributed by atoms with van der Waals surface area (Å²) in [6.45, 7) is 8.16. The van der Waals surface area contributed by atoms with Gasteiger partial charge < -0.3 is 14.7 Å². The van der Waals surface area contributed by atoms with E-state index in [1.54, 1.807) is 0 Å². The highest BCUT2D eigenvalue weighted by atomic mass is 16.5. The van der Waals surface area contributed by atoms with E-state index in [1.165, 1.54) is 0 Å². The molecule has 33 heavy (non-hydrogen) atoms. The predicted octanol–water partition coefficient (Wildman–Crippen LogP) is 4.01. The maximum atomic E-state index is 10.9. The van der Waals surface area contributed by atoms with Crippen molar-refractivity contribution in [2.45, 2.75) is 71.1 Å². The SMILES string of the molecule is CC/C=C1/C(c2cnn(C(CC)CC)c2)=NC(c2cnn(CC3(O)CCOCC3)c2)=CN1C. The van der Waals surface area contributed by atoms with E-state index in [0.29, 0.717) is 38.6 Å². The summed E-state index contributed by atoms with van der Waals surface area (Å²) in [4.78, 5) is 7.18. The molecule has 0 aromatic carbocycles. The van der Waals surface area contributed by atoms with Crippen molar-refractivity contribution in [2.75, 3.05) is 20.3 Å². The number of aliphatic imine (C=N–C) groups is 1. The first-order chi connectivity index (χ1) is 16.0. The second-order valence-corrected chi connectivity index (χ2v) is 9.03. The molecule has 8 heteroatoms. The molecule has 8 nitrogen and oxygen atoms in total. The van der Waals surface area contributed by atoms with Crippen LogP contribution in [-0.4, -0.2) is 61.1 Å². The van der Waals surface area contributed by atoms with Gasteiger partial charge in [-0.25, -0.2) is 4.99 Å². The molecule has 1 fully saturated rings. The van der Waals surface area contributed by atoms with E-state index in [0.717, 1.165) is 47.5 Å². The number of hydrogen-bond donors (Lipinski definition) is 1. The molecule has 0 spiro atoms. The number of likely N-dealkylation sites (N-methyl/N-ethyl adjacent to an activating group) is 1. The summed E-state index contributed by atoms with van der Waals surface area (Å²) >= 11 is 0. The first-order valence-electron chi connectivity index (χ1n) is 12.1. The van der Waals surface area contributed by atoms with E-state index >= 15 is 0 Å². The molecule has 4 heterocycles. The standard InChI is InChI=1S/C25H36N6O2/c1-5-8-23-24(20-14-27-31(16-20)21(6-2)7-3)28-22(17-29(23)4)19-13-26-30(15-19)18-25(32)9-11-33-12-10-25/h8,13-17,21,32H,5-7,9-12,18H2,1-4H3/b23-8-. The van der Waals surface area contributed by atoms with Gasteiger partial charge in [0.15, 0.2) is 0 Å². The molecule has 178 valence electrons. The van der Waals surface area contributed by atoms with Crippen molar-refractivity contribution >= 4 is 11.4 Å². The van der Waals surface area contributed by atoms with Gasteiger partial charge in [-0.3, -0.25) is 9.36 Å². The van der Waals surface area contributed by atoms with E-state index in [1.807, 2.05) is 29.5 Å². The van der Waals surface area contributed by atoms with Gasteiger partial charge in [0.2, 0.25) is 0 Å². The van der Waals surface area contributed by atoms with Gasteiger partial charge in [-0.05, 0) is 19.3 Å². The number of aliphatic hydroxyl groups is 1. The molecule has 0 amide bonds. The van der Waals surface area contributed by atoms with Crippen LogP contribution in [0.1, 0.15) is 70.0 Å². The number of aromatic nitrogens is 4. The maximum Gasteiger partial charge on any atom is 0.0974 e. The van der Waals surface area contributed by atoms with Crippen LogP contribution in [0.15, 0.2) is 47.8 Å². The molecule has 2 aromatic heterocycles. The second-order valence-electron chi connectivity index (χ2n) is 9.03. The Balaban J connectivity index is 1.63. The highest BCUT2D eigenvalue weighted by Gasteiger charge is 2.31. The van der Waals surface area contributed by atoms with Gasteiger partial charge in [-0.1, -0.05) is 26.8 Å². The van der Waals surface area contributed by atoms with Gasteiger partial charge in [0.05, 0.1) is 47.7 Å². The molecule has 1 saturated heterocycles. The van der Waals surface area contributed by atoms with Crippen molar-refractivity contribution in [3.63, 3.8) is 0 Å². The molecule has 0 radical (unpaired) electrons. The third-order valence-corrected chi connectivity index (χ3v) is 6.57. The van der Waals surface area contributed by atoms with Gasteiger partial charge in [-0.2, -0.15) is 10.2 Å². The van der Waals surface area contributed by atoms with Crippen LogP contribution < -0.4 is 0 Å². The van der Waals surface area contributed by atoms with Crippen LogP contribution in [0.2, 0.25) is 0 Å². The molecular weight excluding hydrogens is 416 g/mol. The first kappa shape index (κ1) is 23.4. The number of hydrogen-bond acceptors (Lipinski definition) is 6. The minimum Gasteiger partial charge on any atom is -0.388 e. The molecule has 1 N–H and O–H groups in total. The number of ether oxygens (including phenoxy) is 1. The Morgan fingerprint density at radius 3 is 2.52 bits per heavy atom. The van der Waals surface area contributed by atoms with Crippen LogP contribution in [0, 0.1) is 0 Å². The molecule has 0 aliphatic carbocycles. The number of rotatable bonds is 8. The molecule has 4 rings (SSSR count). The molecular formula is C25H36N6O2. The lowest BCUT2D eigenvalue weighted by Gasteiger charge is -2.31. The fourth-order valence-corrected chi connectivity index (χ4v) is 4.53. The van der Waals surface area contributed by atoms with Crippen molar-refractivity contribution in [1.82, 2.24) is 24.5 Å². The summed E-state index contributed by atoms with van der Waals surface area (Å²) in [5, 5.41) is 20.0. The fraction of sp³-hybridized carbons (Fsp3) is 0.560. The van der Waals surface area contributed by atoms with Crippen molar-refractivity contribution in [2.24, 2.45) is 4.99 Å². The third-order valence-electron chi connectivity index (χ3n) is 6.57. The second kappa shape index (κ2) is 10.1. The van der Waals surface area contributed by atoms with Gasteiger partial charge in [0.1, 0.15) is 0 Å². The summed E-state index contributed by atoms with van der Waals surface area (Å²) in [5.41, 5.74) is 4.02. The normalized spacial score (nSPS) is 19.8. The minimum atomic E-state index is -0.769. The van der Waals surface area contributed by atoms with E-state index in [9.17, 15) is 5.11 Å². The summed E-state index contributed by atoms with van der Waals surface area (Å²) in [7, 11) is 2.05. The highest BCUT2D eigenvalue weighted by Crippen LogP contribution is 2.29. The summed E-state index contributed by atoms with van der Waals surface area (Å²) in [5.74, 6) is 0. The fourth-order valence-electron chi connectivity index (χ4n) is 4.53. The largest absolute Gasteiger partial charge is 0.388 e. The summed E-state index contributed by atoms with van der Waals surface area (Å²) in [6, 6.07) is 0.392. The minimum absolute atomic E-state index is 0.392. The smallest absolute Gasteiger partial charge is 0.0974 e. The van der Waals surface area contributed by atoms with Crippen molar-refractivity contribution in [1.29, 1.82) is 0 Å². The Hall–Kier alpha value is -2.71. The predicted molar refractivity (Wildman–Crippen MR) is 130 cm³/mol. The molecule has 2 aliphatic rings. The molecule has 2 aromatic rings. The van der Waals surface area contributed by atoms with Crippen molar-refractivity contribution in [3.05, 3.63) is 53.9 Å². The maximum absolute atomic E-state index is 10.9. The van der Waals surface area contributed by atoms with Crippen molar-refractivity contribution < 1.29 is 9.84 Å².